The third kappa shape index (κ3) is 6.60. The van der Waals surface area contributed by atoms with Gasteiger partial charge in [-0.3, -0.25) is 4.79 Å². The van der Waals surface area contributed by atoms with Crippen LogP contribution in [0.1, 0.15) is 27.0 Å². The third-order valence-electron chi connectivity index (χ3n) is 6.20. The van der Waals surface area contributed by atoms with Gasteiger partial charge < -0.3 is 15.1 Å². The van der Waals surface area contributed by atoms with E-state index in [9.17, 15) is 31.1 Å². The summed E-state index contributed by atoms with van der Waals surface area (Å²) in [6.07, 6.45) is -8.72. The number of likely N-dealkylation sites (N-methyl/N-ethyl adjacent to an activating group) is 1. The minimum Gasteiger partial charge on any atom is -0.352 e. The molecule has 12 heteroatoms. The zero-order valence-corrected chi connectivity index (χ0v) is 20.4. The Morgan fingerprint density at radius 1 is 0.921 bits per heavy atom. The maximum atomic E-state index is 13.1. The highest BCUT2D eigenvalue weighted by Gasteiger charge is 2.36. The lowest BCUT2D eigenvalue weighted by molar-refractivity contribution is -0.143. The summed E-state index contributed by atoms with van der Waals surface area (Å²) < 4.78 is 78.9. The Hall–Kier alpha value is -3.67. The molecule has 0 atom stereocenters. The van der Waals surface area contributed by atoms with Crippen molar-refractivity contribution in [1.29, 1.82) is 0 Å². The molecule has 38 heavy (non-hydrogen) atoms. The molecule has 3 aromatic rings. The monoisotopic (exact) mass is 537 g/mol. The Balaban J connectivity index is 1.54. The molecule has 2 aromatic carbocycles. The molecule has 1 aliphatic heterocycles. The number of amides is 1. The van der Waals surface area contributed by atoms with E-state index in [1.807, 2.05) is 18.0 Å². The highest BCUT2D eigenvalue weighted by Crippen LogP contribution is 2.36. The Kier molecular flexibility index (Phi) is 7.91. The van der Waals surface area contributed by atoms with E-state index < -0.39 is 29.4 Å². The number of nitrogens with one attached hydrogen (secondary N) is 1. The number of aromatic nitrogens is 2. The van der Waals surface area contributed by atoms with Crippen LogP contribution in [0.5, 0.6) is 0 Å². The summed E-state index contributed by atoms with van der Waals surface area (Å²) in [6, 6.07) is 10.4. The summed E-state index contributed by atoms with van der Waals surface area (Å²) in [5, 5.41) is 2.58. The van der Waals surface area contributed by atoms with Crippen LogP contribution in [0.15, 0.2) is 54.7 Å². The van der Waals surface area contributed by atoms with Crippen molar-refractivity contribution >= 4 is 11.9 Å². The molecule has 0 bridgehead atoms. The lowest BCUT2D eigenvalue weighted by Crippen LogP contribution is -2.45. The van der Waals surface area contributed by atoms with E-state index in [2.05, 4.69) is 20.2 Å². The summed E-state index contributed by atoms with van der Waals surface area (Å²) >= 11 is 0. The van der Waals surface area contributed by atoms with Gasteiger partial charge in [-0.1, -0.05) is 30.3 Å². The molecule has 0 spiro atoms. The summed E-state index contributed by atoms with van der Waals surface area (Å²) in [6.45, 7) is 2.90. The number of halogens is 6. The van der Waals surface area contributed by atoms with Crippen LogP contribution in [-0.2, 0) is 18.8 Å². The minimum absolute atomic E-state index is 0.0769. The van der Waals surface area contributed by atoms with Crippen molar-refractivity contribution in [2.45, 2.75) is 18.8 Å². The van der Waals surface area contributed by atoms with Crippen molar-refractivity contribution < 1.29 is 31.1 Å². The van der Waals surface area contributed by atoms with Crippen LogP contribution in [0.4, 0.5) is 32.3 Å². The van der Waals surface area contributed by atoms with Crippen LogP contribution >= 0.6 is 0 Å². The fraction of sp³-hybridized carbons (Fsp3) is 0.346. The Labute approximate surface area is 215 Å². The molecule has 202 valence electrons. The van der Waals surface area contributed by atoms with Gasteiger partial charge in [-0.2, -0.15) is 26.3 Å². The third-order valence-corrected chi connectivity index (χ3v) is 6.20. The first-order chi connectivity index (χ1) is 17.9. The van der Waals surface area contributed by atoms with Crippen LogP contribution in [0, 0.1) is 0 Å². The number of piperazine rings is 1. The van der Waals surface area contributed by atoms with E-state index in [0.717, 1.165) is 13.1 Å². The maximum Gasteiger partial charge on any atom is 0.416 e. The molecule has 1 aromatic heterocycles. The molecule has 0 radical (unpaired) electrons. The van der Waals surface area contributed by atoms with Gasteiger partial charge in [0.25, 0.3) is 5.91 Å². The van der Waals surface area contributed by atoms with Gasteiger partial charge in [0.05, 0.1) is 22.4 Å². The number of alkyl halides is 6. The second-order valence-corrected chi connectivity index (χ2v) is 9.01. The quantitative estimate of drug-likeness (QED) is 0.453. The minimum atomic E-state index is -4.94. The lowest BCUT2D eigenvalue weighted by atomic mass is 10.0. The SMILES string of the molecule is CN1CCN(c2ncc(C(=O)NCCc3cc(C(F)(F)F)cc(C(F)(F)F)c3)c(-c3ccccc3)n2)CC1. The second-order valence-electron chi connectivity index (χ2n) is 9.01. The molecular formula is C26H25F6N5O. The van der Waals surface area contributed by atoms with E-state index in [1.54, 1.807) is 24.3 Å². The number of hydrogen-bond donors (Lipinski definition) is 1. The topological polar surface area (TPSA) is 61.4 Å². The lowest BCUT2D eigenvalue weighted by Gasteiger charge is -2.32. The zero-order valence-electron chi connectivity index (χ0n) is 20.4. The number of hydrogen-bond acceptors (Lipinski definition) is 5. The smallest absolute Gasteiger partial charge is 0.352 e. The average molecular weight is 538 g/mol. The molecule has 6 nitrogen and oxygen atoms in total. The standard InChI is InChI=1S/C26H25F6N5O/c1-36-9-11-37(12-10-36)24-34-16-21(22(35-24)18-5-3-2-4-6-18)23(38)33-8-7-17-13-19(25(27,28)29)15-20(14-17)26(30,31)32/h2-6,13-16H,7-12H2,1H3,(H,33,38). The number of anilines is 1. The van der Waals surface area contributed by atoms with Gasteiger partial charge in [0.1, 0.15) is 0 Å². The summed E-state index contributed by atoms with van der Waals surface area (Å²) in [4.78, 5) is 26.2. The van der Waals surface area contributed by atoms with Crippen LogP contribution < -0.4 is 10.2 Å². The Morgan fingerprint density at radius 3 is 2.11 bits per heavy atom. The van der Waals surface area contributed by atoms with Gasteiger partial charge in [-0.25, -0.2) is 9.97 Å². The summed E-state index contributed by atoms with van der Waals surface area (Å²) in [5.74, 6) is -0.117. The molecule has 4 rings (SSSR count). The first-order valence-electron chi connectivity index (χ1n) is 11.8. The van der Waals surface area contributed by atoms with Gasteiger partial charge in [0, 0.05) is 44.5 Å². The Bertz CT molecular complexity index is 1240. The molecule has 1 N–H and O–H groups in total. The number of carbonyl (C=O) groups excluding carboxylic acids is 1. The van der Waals surface area contributed by atoms with E-state index in [1.165, 1.54) is 6.20 Å². The molecule has 1 saturated heterocycles. The van der Waals surface area contributed by atoms with Crippen molar-refractivity contribution in [3.05, 3.63) is 77.0 Å². The van der Waals surface area contributed by atoms with Crippen molar-refractivity contribution in [2.75, 3.05) is 44.7 Å². The number of carbonyl (C=O) groups is 1. The van der Waals surface area contributed by atoms with Crippen molar-refractivity contribution in [3.8, 4) is 11.3 Å². The van der Waals surface area contributed by atoms with E-state index in [0.29, 0.717) is 42.4 Å². The molecule has 0 aliphatic carbocycles. The first kappa shape index (κ1) is 27.4. The summed E-state index contributed by atoms with van der Waals surface area (Å²) in [5.41, 5.74) is -1.79. The van der Waals surface area contributed by atoms with Gasteiger partial charge >= 0.3 is 12.4 Å². The van der Waals surface area contributed by atoms with E-state index in [-0.39, 0.29) is 30.2 Å². The number of rotatable bonds is 6. The number of nitrogens with zero attached hydrogens (tertiary/aromatic N) is 4. The molecule has 0 unspecified atom stereocenters. The van der Waals surface area contributed by atoms with Crippen molar-refractivity contribution in [2.24, 2.45) is 0 Å². The van der Waals surface area contributed by atoms with Gasteiger partial charge in [-0.15, -0.1) is 0 Å². The molecule has 1 amide bonds. The predicted octanol–water partition coefficient (Wildman–Crippen LogP) is 4.91. The predicted molar refractivity (Wildman–Crippen MR) is 130 cm³/mol. The molecule has 1 fully saturated rings. The van der Waals surface area contributed by atoms with Gasteiger partial charge in [-0.05, 0) is 37.2 Å². The highest BCUT2D eigenvalue weighted by atomic mass is 19.4. The van der Waals surface area contributed by atoms with Crippen molar-refractivity contribution in [1.82, 2.24) is 20.2 Å². The van der Waals surface area contributed by atoms with E-state index >= 15 is 0 Å². The zero-order chi connectivity index (χ0) is 27.5. The largest absolute Gasteiger partial charge is 0.416 e. The number of benzene rings is 2. The summed E-state index contributed by atoms with van der Waals surface area (Å²) in [7, 11) is 2.02. The van der Waals surface area contributed by atoms with Crippen LogP contribution in [0.2, 0.25) is 0 Å². The molecule has 1 aliphatic rings. The normalized spacial score (nSPS) is 15.0. The van der Waals surface area contributed by atoms with Crippen LogP contribution in [0.3, 0.4) is 0 Å². The molecular weight excluding hydrogens is 512 g/mol. The molecule has 2 heterocycles. The van der Waals surface area contributed by atoms with Crippen LogP contribution in [0.25, 0.3) is 11.3 Å². The van der Waals surface area contributed by atoms with E-state index in [4.69, 9.17) is 0 Å². The fourth-order valence-corrected chi connectivity index (χ4v) is 4.09. The van der Waals surface area contributed by atoms with Gasteiger partial charge in [0.15, 0.2) is 0 Å². The second kappa shape index (κ2) is 11.0. The average Bonchev–Trinajstić information content (AvgIpc) is 2.88. The maximum absolute atomic E-state index is 13.1. The van der Waals surface area contributed by atoms with Crippen molar-refractivity contribution in [3.63, 3.8) is 0 Å². The fourth-order valence-electron chi connectivity index (χ4n) is 4.09. The Morgan fingerprint density at radius 2 is 1.53 bits per heavy atom. The van der Waals surface area contributed by atoms with Crippen LogP contribution in [-0.4, -0.2) is 60.5 Å². The highest BCUT2D eigenvalue weighted by molar-refractivity contribution is 5.99. The molecule has 0 saturated carbocycles. The van der Waals surface area contributed by atoms with Gasteiger partial charge in [0.2, 0.25) is 5.95 Å². The first-order valence-corrected chi connectivity index (χ1v) is 11.8.